The molecule has 2 amide bonds. The molecule has 5 rings (SSSR count). The number of nitrogens with two attached hydrogens (primary N) is 2. The van der Waals surface area contributed by atoms with Gasteiger partial charge < -0.3 is 36.6 Å². The highest BCUT2D eigenvalue weighted by Crippen LogP contribution is 2.40. The molecule has 1 saturated heterocycles. The summed E-state index contributed by atoms with van der Waals surface area (Å²) in [4.78, 5) is 60.5. The smallest absolute Gasteiger partial charge is 0.350 e. The minimum Gasteiger partial charge on any atom is -0.543 e. The molecule has 4 heterocycles. The number of carbonyl (C=O) groups is 4. The molecule has 3 aliphatic rings. The van der Waals surface area contributed by atoms with Crippen LogP contribution < -0.4 is 26.5 Å². The summed E-state index contributed by atoms with van der Waals surface area (Å²) in [6.07, 6.45) is 7.98. The van der Waals surface area contributed by atoms with Crippen molar-refractivity contribution in [2.24, 2.45) is 5.16 Å². The maximum atomic E-state index is 13.3. The summed E-state index contributed by atoms with van der Waals surface area (Å²) in [6.45, 7) is 0.421. The molecule has 1 saturated carbocycles. The van der Waals surface area contributed by atoms with Crippen LogP contribution in [0.2, 0.25) is 0 Å². The van der Waals surface area contributed by atoms with Crippen LogP contribution in [-0.4, -0.2) is 67.2 Å². The van der Waals surface area contributed by atoms with E-state index in [4.69, 9.17) is 16.3 Å². The van der Waals surface area contributed by atoms with Crippen molar-refractivity contribution in [3.8, 4) is 0 Å². The maximum absolute atomic E-state index is 13.3. The molecule has 1 unspecified atom stereocenters. The second-order valence-corrected chi connectivity index (χ2v) is 11.5. The molecular formula is C25H25N7O7S2. The number of allylic oxidation sites excluding steroid dienone is 2. The van der Waals surface area contributed by atoms with E-state index in [0.29, 0.717) is 24.2 Å². The van der Waals surface area contributed by atoms with Crippen molar-refractivity contribution in [1.29, 1.82) is 0 Å². The van der Waals surface area contributed by atoms with E-state index in [1.807, 2.05) is 10.8 Å². The Morgan fingerprint density at radius 1 is 1.37 bits per heavy atom. The highest BCUT2D eigenvalue weighted by Gasteiger charge is 2.53. The third-order valence-corrected chi connectivity index (χ3v) is 8.81. The number of carboxylic acids is 2. The first-order chi connectivity index (χ1) is 19.6. The summed E-state index contributed by atoms with van der Waals surface area (Å²) in [5, 5.41) is 28.9. The topological polar surface area (TPSA) is 217 Å². The van der Waals surface area contributed by atoms with Gasteiger partial charge in [0.05, 0.1) is 17.4 Å². The summed E-state index contributed by atoms with van der Waals surface area (Å²) in [7, 11) is 0. The predicted octanol–water partition coefficient (Wildman–Crippen LogP) is -1.02. The molecule has 2 aromatic heterocycles. The Kier molecular flexibility index (Phi) is 7.68. The molecule has 2 aliphatic heterocycles. The standard InChI is InChI=1S/C25H25N7O7S2/c26-14-5-2-9-31(10-14)8-1-4-13-11-40-21-17(20(34)32(21)18(13)22(35)36)29-19(33)16(15-12-41-24(27)28-15)30-39-25(23(37)38)6-3-7-25/h1-2,4-5,9-10,12,17,21H,3,6-8,11,26H2,(H4-,27,28,29,33,35,36,37,38)/b4-1+,30-16-/t17?,21-/m1/s1. The maximum Gasteiger partial charge on any atom is 0.350 e. The molecule has 2 fully saturated rings. The van der Waals surface area contributed by atoms with Gasteiger partial charge in [-0.25, -0.2) is 9.78 Å². The van der Waals surface area contributed by atoms with E-state index in [-0.39, 0.29) is 40.8 Å². The molecule has 0 spiro atoms. The van der Waals surface area contributed by atoms with Gasteiger partial charge in [0, 0.05) is 30.0 Å². The van der Waals surface area contributed by atoms with Crippen molar-refractivity contribution < 1.29 is 38.8 Å². The fourth-order valence-corrected chi connectivity index (χ4v) is 6.38. The SMILES string of the molecule is Nc1ccc[n+](C/C=C/C2=C(C(=O)[O-])N3C(=O)C(NC(=O)/C(=N\OC4(C(=O)O)CCC4)c4csc(N)n4)[C@H]3SC2)c1. The molecule has 0 bridgehead atoms. The van der Waals surface area contributed by atoms with Crippen LogP contribution in [0.1, 0.15) is 25.0 Å². The Morgan fingerprint density at radius 2 is 2.15 bits per heavy atom. The van der Waals surface area contributed by atoms with Gasteiger partial charge in [-0.1, -0.05) is 11.2 Å². The molecule has 2 aromatic rings. The molecule has 41 heavy (non-hydrogen) atoms. The predicted molar refractivity (Wildman–Crippen MR) is 146 cm³/mol. The fraction of sp³-hybridized carbons (Fsp3) is 0.320. The molecule has 0 aromatic carbocycles. The summed E-state index contributed by atoms with van der Waals surface area (Å²) in [6, 6.07) is 2.45. The molecule has 0 radical (unpaired) electrons. The van der Waals surface area contributed by atoms with Crippen LogP contribution in [0.15, 0.2) is 58.5 Å². The van der Waals surface area contributed by atoms with Crippen LogP contribution >= 0.6 is 23.1 Å². The van der Waals surface area contributed by atoms with Gasteiger partial charge in [-0.15, -0.1) is 23.1 Å². The Hall–Kier alpha value is -4.44. The van der Waals surface area contributed by atoms with Gasteiger partial charge in [-0.3, -0.25) is 14.5 Å². The summed E-state index contributed by atoms with van der Waals surface area (Å²) >= 11 is 2.31. The second kappa shape index (κ2) is 11.2. The first-order valence-corrected chi connectivity index (χ1v) is 14.3. The lowest BCUT2D eigenvalue weighted by Crippen LogP contribution is -2.71. The van der Waals surface area contributed by atoms with E-state index < -0.39 is 40.8 Å². The lowest BCUT2D eigenvalue weighted by molar-refractivity contribution is -0.686. The number of hydrogen-bond acceptors (Lipinski definition) is 12. The van der Waals surface area contributed by atoms with E-state index in [1.54, 1.807) is 30.5 Å². The number of thioether (sulfide) groups is 1. The monoisotopic (exact) mass is 599 g/mol. The number of carbonyl (C=O) groups excluding carboxylic acids is 3. The van der Waals surface area contributed by atoms with Crippen molar-refractivity contribution in [2.45, 2.75) is 42.8 Å². The number of anilines is 2. The molecular weight excluding hydrogens is 574 g/mol. The van der Waals surface area contributed by atoms with Gasteiger partial charge in [-0.2, -0.15) is 4.57 Å². The lowest BCUT2D eigenvalue weighted by atomic mass is 9.80. The normalized spacial score (nSPS) is 21.6. The van der Waals surface area contributed by atoms with Crippen LogP contribution in [-0.2, 0) is 30.6 Å². The molecule has 6 N–H and O–H groups in total. The molecule has 214 valence electrons. The summed E-state index contributed by atoms with van der Waals surface area (Å²) in [5.41, 5.74) is 10.3. The third-order valence-electron chi connectivity index (χ3n) is 6.84. The summed E-state index contributed by atoms with van der Waals surface area (Å²) < 4.78 is 1.81. The van der Waals surface area contributed by atoms with Gasteiger partial charge in [0.25, 0.3) is 11.8 Å². The Bertz CT molecular complexity index is 1510. The number of oxime groups is 1. The van der Waals surface area contributed by atoms with Crippen molar-refractivity contribution in [2.75, 3.05) is 17.2 Å². The van der Waals surface area contributed by atoms with Crippen molar-refractivity contribution in [3.05, 3.63) is 59.0 Å². The largest absolute Gasteiger partial charge is 0.543 e. The van der Waals surface area contributed by atoms with Crippen molar-refractivity contribution in [1.82, 2.24) is 15.2 Å². The van der Waals surface area contributed by atoms with Crippen molar-refractivity contribution in [3.63, 3.8) is 0 Å². The average molecular weight is 600 g/mol. The number of carboxylic acid groups (broad SMARTS) is 2. The Balaban J connectivity index is 1.32. The lowest BCUT2D eigenvalue weighted by Gasteiger charge is -2.50. The zero-order chi connectivity index (χ0) is 29.3. The van der Waals surface area contributed by atoms with Crippen molar-refractivity contribution >= 4 is 63.4 Å². The first-order valence-electron chi connectivity index (χ1n) is 12.4. The quantitative estimate of drug-likeness (QED) is 0.112. The van der Waals surface area contributed by atoms with Crippen LogP contribution in [0.3, 0.4) is 0 Å². The summed E-state index contributed by atoms with van der Waals surface area (Å²) in [5.74, 6) is -3.97. The van der Waals surface area contributed by atoms with E-state index in [1.165, 1.54) is 17.1 Å². The Labute approximate surface area is 241 Å². The van der Waals surface area contributed by atoms with Crippen LogP contribution in [0.5, 0.6) is 0 Å². The highest BCUT2D eigenvalue weighted by molar-refractivity contribution is 8.00. The number of aromatic nitrogens is 2. The number of β-lactam (4-membered cyclic amide) rings is 1. The zero-order valence-electron chi connectivity index (χ0n) is 21.4. The van der Waals surface area contributed by atoms with E-state index in [9.17, 15) is 29.4 Å². The van der Waals surface area contributed by atoms with E-state index in [2.05, 4.69) is 15.5 Å². The van der Waals surface area contributed by atoms with Crippen LogP contribution in [0.25, 0.3) is 0 Å². The van der Waals surface area contributed by atoms with Gasteiger partial charge in [0.1, 0.15) is 17.1 Å². The fourth-order valence-electron chi connectivity index (χ4n) is 4.52. The number of nitrogens with zero attached hydrogens (tertiary/aromatic N) is 4. The zero-order valence-corrected chi connectivity index (χ0v) is 23.0. The number of amides is 2. The molecule has 2 atom stereocenters. The van der Waals surface area contributed by atoms with Gasteiger partial charge in [-0.05, 0) is 24.1 Å². The van der Waals surface area contributed by atoms with Crippen LogP contribution in [0.4, 0.5) is 10.8 Å². The number of aliphatic carboxylic acids is 2. The Morgan fingerprint density at radius 3 is 2.76 bits per heavy atom. The number of thiazole rings is 1. The number of hydrogen-bond donors (Lipinski definition) is 4. The first kappa shape index (κ1) is 28.1. The molecule has 16 heteroatoms. The number of nitrogen functional groups attached to an aromatic ring is 2. The van der Waals surface area contributed by atoms with Crippen LogP contribution in [0, 0.1) is 0 Å². The van der Waals surface area contributed by atoms with Gasteiger partial charge in [0.2, 0.25) is 5.60 Å². The number of rotatable bonds is 10. The minimum absolute atomic E-state index is 0.0468. The van der Waals surface area contributed by atoms with E-state index >= 15 is 0 Å². The molecule has 14 nitrogen and oxygen atoms in total. The van der Waals surface area contributed by atoms with E-state index in [0.717, 1.165) is 16.2 Å². The number of nitrogens with one attached hydrogen (secondary N) is 1. The number of pyridine rings is 1. The highest BCUT2D eigenvalue weighted by atomic mass is 32.2. The molecule has 1 aliphatic carbocycles. The average Bonchev–Trinajstić information content (AvgIpc) is 3.33. The second-order valence-electron chi connectivity index (χ2n) is 9.51. The minimum atomic E-state index is -1.54. The number of fused-ring (bicyclic) bond motifs is 1. The van der Waals surface area contributed by atoms with Gasteiger partial charge in [0.15, 0.2) is 29.8 Å². The van der Waals surface area contributed by atoms with Gasteiger partial charge >= 0.3 is 5.97 Å². The third kappa shape index (κ3) is 5.47.